The minimum Gasteiger partial charge on any atom is -0.481 e. The highest BCUT2D eigenvalue weighted by molar-refractivity contribution is 5.69. The molecule has 0 aliphatic rings. The van der Waals surface area contributed by atoms with E-state index in [4.69, 9.17) is 5.11 Å². The number of anilines is 1. The summed E-state index contributed by atoms with van der Waals surface area (Å²) in [5.41, 5.74) is 0.762. The van der Waals surface area contributed by atoms with Gasteiger partial charge in [-0.1, -0.05) is 13.0 Å². The van der Waals surface area contributed by atoms with Gasteiger partial charge in [-0.2, -0.15) is 0 Å². The zero-order valence-corrected chi connectivity index (χ0v) is 9.48. The predicted molar refractivity (Wildman–Crippen MR) is 61.1 cm³/mol. The molecular weight excluding hydrogens is 209 g/mol. The van der Waals surface area contributed by atoms with Crippen molar-refractivity contribution in [3.05, 3.63) is 30.1 Å². The molecule has 1 unspecified atom stereocenters. The van der Waals surface area contributed by atoms with Crippen LogP contribution in [0.25, 0.3) is 0 Å². The van der Waals surface area contributed by atoms with Gasteiger partial charge in [0, 0.05) is 19.3 Å². The maximum atomic E-state index is 12.9. The van der Waals surface area contributed by atoms with Crippen molar-refractivity contribution in [2.75, 3.05) is 18.5 Å². The van der Waals surface area contributed by atoms with Crippen molar-refractivity contribution in [2.45, 2.75) is 13.3 Å². The molecule has 4 heteroatoms. The Hall–Kier alpha value is -1.58. The van der Waals surface area contributed by atoms with E-state index >= 15 is 0 Å². The zero-order chi connectivity index (χ0) is 12.1. The Kier molecular flexibility index (Phi) is 4.28. The molecule has 1 N–H and O–H groups in total. The highest BCUT2D eigenvalue weighted by atomic mass is 19.1. The minimum absolute atomic E-state index is 0.282. The quantitative estimate of drug-likeness (QED) is 0.836. The van der Waals surface area contributed by atoms with Crippen LogP contribution in [0.2, 0.25) is 0 Å². The summed E-state index contributed by atoms with van der Waals surface area (Å²) in [6.07, 6.45) is 0.544. The Balaban J connectivity index is 2.52. The van der Waals surface area contributed by atoms with Crippen LogP contribution in [0.3, 0.4) is 0 Å². The second-order valence-electron chi connectivity index (χ2n) is 3.93. The van der Waals surface area contributed by atoms with Crippen LogP contribution < -0.4 is 4.90 Å². The van der Waals surface area contributed by atoms with E-state index in [0.717, 1.165) is 5.69 Å². The number of hydrogen-bond acceptors (Lipinski definition) is 2. The molecule has 0 aliphatic carbocycles. The first kappa shape index (κ1) is 12.5. The van der Waals surface area contributed by atoms with Gasteiger partial charge < -0.3 is 10.0 Å². The van der Waals surface area contributed by atoms with Crippen molar-refractivity contribution < 1.29 is 14.3 Å². The van der Waals surface area contributed by atoms with Crippen LogP contribution in [-0.2, 0) is 4.79 Å². The summed E-state index contributed by atoms with van der Waals surface area (Å²) in [6.45, 7) is 2.26. The van der Waals surface area contributed by atoms with Crippen molar-refractivity contribution in [2.24, 2.45) is 5.92 Å². The topological polar surface area (TPSA) is 40.5 Å². The van der Waals surface area contributed by atoms with Crippen LogP contribution in [-0.4, -0.2) is 24.7 Å². The summed E-state index contributed by atoms with van der Waals surface area (Å²) < 4.78 is 12.9. The predicted octanol–water partition coefficient (Wildman–Crippen LogP) is 2.37. The smallest absolute Gasteiger partial charge is 0.306 e. The first-order valence-electron chi connectivity index (χ1n) is 5.20. The monoisotopic (exact) mass is 225 g/mol. The number of carboxylic acid groups (broad SMARTS) is 1. The highest BCUT2D eigenvalue weighted by Gasteiger charge is 2.11. The van der Waals surface area contributed by atoms with Gasteiger partial charge in [0.2, 0.25) is 0 Å². The van der Waals surface area contributed by atoms with E-state index in [2.05, 4.69) is 0 Å². The third kappa shape index (κ3) is 3.53. The number of nitrogens with zero attached hydrogens (tertiary/aromatic N) is 1. The Labute approximate surface area is 94.5 Å². The van der Waals surface area contributed by atoms with Gasteiger partial charge in [0.25, 0.3) is 0 Å². The van der Waals surface area contributed by atoms with Crippen molar-refractivity contribution >= 4 is 11.7 Å². The number of aliphatic carboxylic acids is 1. The molecular formula is C12H16FNO2. The Morgan fingerprint density at radius 1 is 1.56 bits per heavy atom. The van der Waals surface area contributed by atoms with E-state index in [-0.39, 0.29) is 11.7 Å². The van der Waals surface area contributed by atoms with E-state index < -0.39 is 5.97 Å². The molecule has 0 bridgehead atoms. The number of rotatable bonds is 5. The molecule has 88 valence electrons. The molecule has 0 fully saturated rings. The molecule has 1 aromatic carbocycles. The van der Waals surface area contributed by atoms with Gasteiger partial charge in [-0.15, -0.1) is 0 Å². The molecule has 3 nitrogen and oxygen atoms in total. The van der Waals surface area contributed by atoms with Gasteiger partial charge in [-0.05, 0) is 24.6 Å². The summed E-state index contributed by atoms with van der Waals surface area (Å²) in [6, 6.07) is 6.26. The van der Waals surface area contributed by atoms with Crippen molar-refractivity contribution in [1.29, 1.82) is 0 Å². The molecule has 16 heavy (non-hydrogen) atoms. The van der Waals surface area contributed by atoms with Gasteiger partial charge in [-0.3, -0.25) is 4.79 Å². The average Bonchev–Trinajstić information content (AvgIpc) is 2.25. The lowest BCUT2D eigenvalue weighted by Crippen LogP contribution is -2.22. The van der Waals surface area contributed by atoms with Gasteiger partial charge in [0.05, 0.1) is 5.92 Å². The van der Waals surface area contributed by atoms with Crippen LogP contribution in [0.15, 0.2) is 24.3 Å². The largest absolute Gasteiger partial charge is 0.481 e. The molecule has 0 spiro atoms. The Morgan fingerprint density at radius 3 is 2.81 bits per heavy atom. The maximum absolute atomic E-state index is 12.9. The molecule has 0 amide bonds. The van der Waals surface area contributed by atoms with E-state index in [1.165, 1.54) is 12.1 Å². The molecule has 0 saturated heterocycles. The SMILES string of the molecule is CC(CCN(C)c1cccc(F)c1)C(=O)O. The van der Waals surface area contributed by atoms with E-state index in [0.29, 0.717) is 13.0 Å². The summed E-state index contributed by atoms with van der Waals surface area (Å²) in [5, 5.41) is 8.73. The molecule has 0 saturated carbocycles. The van der Waals surface area contributed by atoms with Gasteiger partial charge >= 0.3 is 5.97 Å². The highest BCUT2D eigenvalue weighted by Crippen LogP contribution is 2.15. The molecule has 0 radical (unpaired) electrons. The standard InChI is InChI=1S/C12H16FNO2/c1-9(12(15)16)6-7-14(2)11-5-3-4-10(13)8-11/h3-5,8-9H,6-7H2,1-2H3,(H,15,16). The van der Waals surface area contributed by atoms with Gasteiger partial charge in [0.1, 0.15) is 5.82 Å². The van der Waals surface area contributed by atoms with Crippen molar-refractivity contribution in [3.63, 3.8) is 0 Å². The molecule has 1 aromatic rings. The first-order chi connectivity index (χ1) is 7.50. The molecule has 1 rings (SSSR count). The fourth-order valence-corrected chi connectivity index (χ4v) is 1.35. The third-order valence-corrected chi connectivity index (χ3v) is 2.57. The number of carbonyl (C=O) groups is 1. The van der Waals surface area contributed by atoms with Crippen LogP contribution >= 0.6 is 0 Å². The third-order valence-electron chi connectivity index (χ3n) is 2.57. The lowest BCUT2D eigenvalue weighted by Gasteiger charge is -2.20. The maximum Gasteiger partial charge on any atom is 0.306 e. The van der Waals surface area contributed by atoms with Crippen LogP contribution in [0, 0.1) is 11.7 Å². The number of hydrogen-bond donors (Lipinski definition) is 1. The van der Waals surface area contributed by atoms with Gasteiger partial charge in [0.15, 0.2) is 0 Å². The van der Waals surface area contributed by atoms with Crippen LogP contribution in [0.1, 0.15) is 13.3 Å². The fraction of sp³-hybridized carbons (Fsp3) is 0.417. The lowest BCUT2D eigenvalue weighted by molar-refractivity contribution is -0.141. The average molecular weight is 225 g/mol. The summed E-state index contributed by atoms with van der Waals surface area (Å²) in [7, 11) is 1.82. The molecule has 1 atom stereocenters. The number of benzene rings is 1. The number of halogens is 1. The summed E-state index contributed by atoms with van der Waals surface area (Å²) in [4.78, 5) is 12.5. The molecule has 0 aliphatic heterocycles. The second-order valence-corrected chi connectivity index (χ2v) is 3.93. The summed E-state index contributed by atoms with van der Waals surface area (Å²) in [5.74, 6) is -1.46. The first-order valence-corrected chi connectivity index (χ1v) is 5.20. The van der Waals surface area contributed by atoms with E-state index in [1.807, 2.05) is 11.9 Å². The minimum atomic E-state index is -0.798. The Bertz CT molecular complexity index is 368. The second kappa shape index (κ2) is 5.49. The van der Waals surface area contributed by atoms with Crippen LogP contribution in [0.4, 0.5) is 10.1 Å². The van der Waals surface area contributed by atoms with E-state index in [9.17, 15) is 9.18 Å². The van der Waals surface area contributed by atoms with Crippen molar-refractivity contribution in [3.8, 4) is 0 Å². The molecule has 0 heterocycles. The fourth-order valence-electron chi connectivity index (χ4n) is 1.35. The Morgan fingerprint density at radius 2 is 2.25 bits per heavy atom. The molecule has 0 aromatic heterocycles. The normalized spacial score (nSPS) is 12.2. The number of carboxylic acids is 1. The van der Waals surface area contributed by atoms with E-state index in [1.54, 1.807) is 19.1 Å². The van der Waals surface area contributed by atoms with Crippen molar-refractivity contribution in [1.82, 2.24) is 0 Å². The summed E-state index contributed by atoms with van der Waals surface area (Å²) >= 11 is 0. The van der Waals surface area contributed by atoms with Crippen LogP contribution in [0.5, 0.6) is 0 Å². The zero-order valence-electron chi connectivity index (χ0n) is 9.48. The lowest BCUT2D eigenvalue weighted by atomic mass is 10.1. The van der Waals surface area contributed by atoms with Gasteiger partial charge in [-0.25, -0.2) is 4.39 Å².